The summed E-state index contributed by atoms with van der Waals surface area (Å²) in [6.07, 6.45) is 3.30. The number of hydrogen-bond acceptors (Lipinski definition) is 3. The molecule has 1 heterocycles. The number of amides is 1. The lowest BCUT2D eigenvalue weighted by Gasteiger charge is -2.20. The van der Waals surface area contributed by atoms with Crippen molar-refractivity contribution in [2.24, 2.45) is 0 Å². The average Bonchev–Trinajstić information content (AvgIpc) is 2.93. The van der Waals surface area contributed by atoms with Gasteiger partial charge >= 0.3 is 5.97 Å². The molecule has 1 aromatic carbocycles. The number of carbonyl (C=O) groups excluding carboxylic acids is 1. The van der Waals surface area contributed by atoms with E-state index in [-0.39, 0.29) is 24.9 Å². The number of aliphatic carboxylic acids is 1. The van der Waals surface area contributed by atoms with Gasteiger partial charge in [-0.05, 0) is 37.8 Å². The van der Waals surface area contributed by atoms with E-state index in [0.29, 0.717) is 19.5 Å². The fourth-order valence-electron chi connectivity index (χ4n) is 2.70. The second-order valence-electron chi connectivity index (χ2n) is 5.41. The van der Waals surface area contributed by atoms with Gasteiger partial charge in [0.1, 0.15) is 6.04 Å². The molecular weight excluding hydrogens is 304 g/mol. The number of carbonyl (C=O) groups is 2. The van der Waals surface area contributed by atoms with Crippen LogP contribution in [0.2, 0.25) is 0 Å². The van der Waals surface area contributed by atoms with Crippen LogP contribution in [0.15, 0.2) is 30.3 Å². The Labute approximate surface area is 137 Å². The van der Waals surface area contributed by atoms with Gasteiger partial charge < -0.3 is 10.4 Å². The third kappa shape index (κ3) is 5.66. The number of aryl methyl sites for hydroxylation is 1. The molecule has 1 unspecified atom stereocenters. The van der Waals surface area contributed by atoms with Crippen LogP contribution >= 0.6 is 12.4 Å². The molecule has 1 fully saturated rings. The van der Waals surface area contributed by atoms with Crippen molar-refractivity contribution in [3.05, 3.63) is 35.9 Å². The van der Waals surface area contributed by atoms with Crippen LogP contribution in [0, 0.1) is 0 Å². The van der Waals surface area contributed by atoms with E-state index in [0.717, 1.165) is 19.3 Å². The van der Waals surface area contributed by atoms with Gasteiger partial charge in [0.25, 0.3) is 0 Å². The van der Waals surface area contributed by atoms with Crippen LogP contribution in [0.4, 0.5) is 0 Å². The largest absolute Gasteiger partial charge is 0.480 e. The summed E-state index contributed by atoms with van der Waals surface area (Å²) in [5.41, 5.74) is 1.26. The van der Waals surface area contributed by atoms with Crippen molar-refractivity contribution in [3.63, 3.8) is 0 Å². The van der Waals surface area contributed by atoms with E-state index in [9.17, 15) is 9.59 Å². The summed E-state index contributed by atoms with van der Waals surface area (Å²) in [5, 5.41) is 11.9. The Balaban J connectivity index is 0.00000242. The Kier molecular flexibility index (Phi) is 7.91. The van der Waals surface area contributed by atoms with Crippen molar-refractivity contribution in [2.45, 2.75) is 31.7 Å². The van der Waals surface area contributed by atoms with Crippen LogP contribution in [-0.4, -0.2) is 47.6 Å². The molecule has 122 valence electrons. The lowest BCUT2D eigenvalue weighted by atomic mass is 10.1. The zero-order valence-electron chi connectivity index (χ0n) is 12.5. The van der Waals surface area contributed by atoms with E-state index < -0.39 is 12.0 Å². The highest BCUT2D eigenvalue weighted by Crippen LogP contribution is 2.16. The van der Waals surface area contributed by atoms with Crippen molar-refractivity contribution in [1.82, 2.24) is 10.2 Å². The minimum Gasteiger partial charge on any atom is -0.480 e. The lowest BCUT2D eigenvalue weighted by Crippen LogP contribution is -2.43. The first-order valence-electron chi connectivity index (χ1n) is 7.44. The molecule has 0 spiro atoms. The highest BCUT2D eigenvalue weighted by Gasteiger charge is 2.31. The number of halogens is 1. The quantitative estimate of drug-likeness (QED) is 0.748. The molecule has 1 aromatic rings. The molecule has 2 rings (SSSR count). The second kappa shape index (κ2) is 9.43. The summed E-state index contributed by atoms with van der Waals surface area (Å²) in [6, 6.07) is 9.65. The molecule has 1 amide bonds. The molecule has 0 radical (unpaired) electrons. The predicted molar refractivity (Wildman–Crippen MR) is 87.3 cm³/mol. The number of hydrogen-bond donors (Lipinski definition) is 2. The zero-order chi connectivity index (χ0) is 15.1. The molecule has 6 heteroatoms. The number of nitrogens with one attached hydrogen (secondary N) is 1. The molecule has 2 N–H and O–H groups in total. The standard InChI is InChI=1S/C16H22N2O3.ClH/c19-15(12-18-11-5-9-14(18)16(20)21)17-10-4-8-13-6-2-1-3-7-13;/h1-3,6-7,14H,4-5,8-12H2,(H,17,19)(H,20,21);1H. The summed E-state index contributed by atoms with van der Waals surface area (Å²) in [7, 11) is 0. The Hall–Kier alpha value is -1.59. The maximum atomic E-state index is 11.8. The van der Waals surface area contributed by atoms with Gasteiger partial charge in [-0.1, -0.05) is 30.3 Å². The van der Waals surface area contributed by atoms with Gasteiger partial charge in [0.15, 0.2) is 0 Å². The summed E-state index contributed by atoms with van der Waals surface area (Å²) in [4.78, 5) is 24.6. The van der Waals surface area contributed by atoms with Gasteiger partial charge in [-0.25, -0.2) is 0 Å². The summed E-state index contributed by atoms with van der Waals surface area (Å²) < 4.78 is 0. The van der Waals surface area contributed by atoms with Crippen molar-refractivity contribution in [3.8, 4) is 0 Å². The highest BCUT2D eigenvalue weighted by molar-refractivity contribution is 5.85. The SMILES string of the molecule is Cl.O=C(CN1CCCC1C(=O)O)NCCCc1ccccc1. The van der Waals surface area contributed by atoms with E-state index in [4.69, 9.17) is 5.11 Å². The van der Waals surface area contributed by atoms with Gasteiger partial charge in [-0.15, -0.1) is 12.4 Å². The van der Waals surface area contributed by atoms with Crippen molar-refractivity contribution in [2.75, 3.05) is 19.6 Å². The topological polar surface area (TPSA) is 69.6 Å². The van der Waals surface area contributed by atoms with E-state index in [1.54, 1.807) is 4.90 Å². The lowest BCUT2D eigenvalue weighted by molar-refractivity contribution is -0.142. The normalized spacial score (nSPS) is 17.7. The minimum atomic E-state index is -0.829. The van der Waals surface area contributed by atoms with Crippen LogP contribution in [0.5, 0.6) is 0 Å². The van der Waals surface area contributed by atoms with Gasteiger partial charge in [0.2, 0.25) is 5.91 Å². The number of likely N-dealkylation sites (tertiary alicyclic amines) is 1. The number of carboxylic acids is 1. The summed E-state index contributed by atoms with van der Waals surface area (Å²) in [6.45, 7) is 1.50. The molecule has 22 heavy (non-hydrogen) atoms. The van der Waals surface area contributed by atoms with E-state index >= 15 is 0 Å². The van der Waals surface area contributed by atoms with Crippen molar-refractivity contribution < 1.29 is 14.7 Å². The van der Waals surface area contributed by atoms with Gasteiger partial charge in [0.05, 0.1) is 6.54 Å². The van der Waals surface area contributed by atoms with Crippen LogP contribution in [0.1, 0.15) is 24.8 Å². The number of carboxylic acid groups (broad SMARTS) is 1. The first kappa shape index (κ1) is 18.5. The molecule has 1 saturated heterocycles. The van der Waals surface area contributed by atoms with Crippen LogP contribution in [-0.2, 0) is 16.0 Å². The van der Waals surface area contributed by atoms with Crippen molar-refractivity contribution >= 4 is 24.3 Å². The molecular formula is C16H23ClN2O3. The number of nitrogens with zero attached hydrogens (tertiary/aromatic N) is 1. The monoisotopic (exact) mass is 326 g/mol. The second-order valence-corrected chi connectivity index (χ2v) is 5.41. The fourth-order valence-corrected chi connectivity index (χ4v) is 2.70. The van der Waals surface area contributed by atoms with Crippen LogP contribution < -0.4 is 5.32 Å². The molecule has 1 aliphatic rings. The molecule has 1 aliphatic heterocycles. The maximum absolute atomic E-state index is 11.8. The summed E-state index contributed by atoms with van der Waals surface area (Å²) >= 11 is 0. The predicted octanol–water partition coefficient (Wildman–Crippen LogP) is 1.71. The molecule has 0 saturated carbocycles. The minimum absolute atomic E-state index is 0. The molecule has 1 atom stereocenters. The molecule has 0 aliphatic carbocycles. The Bertz CT molecular complexity index is 482. The third-order valence-electron chi connectivity index (χ3n) is 3.80. The summed E-state index contributed by atoms with van der Waals surface area (Å²) in [5.74, 6) is -0.916. The molecule has 0 bridgehead atoms. The Morgan fingerprint density at radius 1 is 1.27 bits per heavy atom. The first-order chi connectivity index (χ1) is 10.2. The number of benzene rings is 1. The third-order valence-corrected chi connectivity index (χ3v) is 3.80. The highest BCUT2D eigenvalue weighted by atomic mass is 35.5. The molecule has 5 nitrogen and oxygen atoms in total. The molecule has 0 aromatic heterocycles. The van der Waals surface area contributed by atoms with Gasteiger partial charge in [-0.2, -0.15) is 0 Å². The van der Waals surface area contributed by atoms with Crippen LogP contribution in [0.25, 0.3) is 0 Å². The van der Waals surface area contributed by atoms with E-state index in [2.05, 4.69) is 17.4 Å². The van der Waals surface area contributed by atoms with Gasteiger partial charge in [0, 0.05) is 6.54 Å². The van der Waals surface area contributed by atoms with E-state index in [1.165, 1.54) is 5.56 Å². The van der Waals surface area contributed by atoms with E-state index in [1.807, 2.05) is 18.2 Å². The Morgan fingerprint density at radius 3 is 2.68 bits per heavy atom. The number of rotatable bonds is 7. The van der Waals surface area contributed by atoms with Gasteiger partial charge in [-0.3, -0.25) is 14.5 Å². The zero-order valence-corrected chi connectivity index (χ0v) is 13.3. The van der Waals surface area contributed by atoms with Crippen molar-refractivity contribution in [1.29, 1.82) is 0 Å². The first-order valence-corrected chi connectivity index (χ1v) is 7.44. The fraction of sp³-hybridized carbons (Fsp3) is 0.500. The Morgan fingerprint density at radius 2 is 2.00 bits per heavy atom. The average molecular weight is 327 g/mol. The smallest absolute Gasteiger partial charge is 0.320 e. The maximum Gasteiger partial charge on any atom is 0.320 e. The van der Waals surface area contributed by atoms with Crippen LogP contribution in [0.3, 0.4) is 0 Å².